The number of nitrogens with one attached hydrogen (secondary N) is 2. The van der Waals surface area contributed by atoms with Gasteiger partial charge in [0.2, 0.25) is 0 Å². The molecule has 13 heteroatoms. The molecule has 0 aliphatic carbocycles. The van der Waals surface area contributed by atoms with E-state index in [2.05, 4.69) is 17.2 Å². The standard InChI is InChI=1S/C22H34N2O11/c1-2-11-3-5-12(6-4-11)7-23-22(33)24-8-13(27)16(29)20(14(28)9-25)35-21-19(32)18(31)17(30)15(10-26)34-21/h2-6,13-21,25-32H,1,7-10H2,(H2,23,24,33)/t13-,14+,15+,16+,17-,18-,19+,20+,21-/m0/s1. The molecule has 2 amide bonds. The van der Waals surface area contributed by atoms with Gasteiger partial charge in [-0.1, -0.05) is 36.9 Å². The van der Waals surface area contributed by atoms with Crippen LogP contribution in [0.25, 0.3) is 6.08 Å². The minimum atomic E-state index is -1.89. The van der Waals surface area contributed by atoms with Gasteiger partial charge in [-0.3, -0.25) is 0 Å². The second kappa shape index (κ2) is 13.8. The summed E-state index contributed by atoms with van der Waals surface area (Å²) in [4.78, 5) is 12.0. The highest BCUT2D eigenvalue weighted by atomic mass is 16.7. The number of rotatable bonds is 12. The highest BCUT2D eigenvalue weighted by Gasteiger charge is 2.46. The van der Waals surface area contributed by atoms with Crippen molar-refractivity contribution in [3.63, 3.8) is 0 Å². The van der Waals surface area contributed by atoms with Crippen LogP contribution < -0.4 is 10.6 Å². The molecule has 0 unspecified atom stereocenters. The minimum Gasteiger partial charge on any atom is -0.394 e. The molecular weight excluding hydrogens is 468 g/mol. The summed E-state index contributed by atoms with van der Waals surface area (Å²) in [5.41, 5.74) is 1.73. The number of aliphatic hydroxyl groups excluding tert-OH is 8. The van der Waals surface area contributed by atoms with Crippen molar-refractivity contribution in [2.75, 3.05) is 19.8 Å². The van der Waals surface area contributed by atoms with Gasteiger partial charge < -0.3 is 61.0 Å². The third-order valence-electron chi connectivity index (χ3n) is 5.58. The van der Waals surface area contributed by atoms with E-state index in [0.29, 0.717) is 0 Å². The summed E-state index contributed by atoms with van der Waals surface area (Å²) in [6, 6.07) is 6.59. The molecule has 1 aliphatic rings. The maximum Gasteiger partial charge on any atom is 0.315 e. The summed E-state index contributed by atoms with van der Waals surface area (Å²) in [6.07, 6.45) is -13.7. The van der Waals surface area contributed by atoms with E-state index in [0.717, 1.165) is 11.1 Å². The van der Waals surface area contributed by atoms with Crippen LogP contribution in [0.5, 0.6) is 0 Å². The zero-order chi connectivity index (χ0) is 26.1. The quantitative estimate of drug-likeness (QED) is 0.134. The fraction of sp³-hybridized carbons (Fsp3) is 0.591. The van der Waals surface area contributed by atoms with E-state index in [1.54, 1.807) is 18.2 Å². The molecule has 0 radical (unpaired) electrons. The number of ether oxygens (including phenoxy) is 2. The maximum atomic E-state index is 12.0. The molecule has 0 spiro atoms. The van der Waals surface area contributed by atoms with Crippen LogP contribution in [0.2, 0.25) is 0 Å². The molecule has 1 aromatic carbocycles. The van der Waals surface area contributed by atoms with Crippen molar-refractivity contribution in [1.29, 1.82) is 0 Å². The number of hydrogen-bond acceptors (Lipinski definition) is 11. The van der Waals surface area contributed by atoms with Gasteiger partial charge in [0.25, 0.3) is 0 Å². The summed E-state index contributed by atoms with van der Waals surface area (Å²) in [5.74, 6) is 0. The maximum absolute atomic E-state index is 12.0. The van der Waals surface area contributed by atoms with Gasteiger partial charge in [-0.2, -0.15) is 0 Å². The minimum absolute atomic E-state index is 0.188. The van der Waals surface area contributed by atoms with E-state index in [1.807, 2.05) is 12.1 Å². The molecule has 2 rings (SSSR count). The van der Waals surface area contributed by atoms with Crippen molar-refractivity contribution in [3.05, 3.63) is 42.0 Å². The molecule has 198 valence electrons. The van der Waals surface area contributed by atoms with Gasteiger partial charge in [-0.15, -0.1) is 0 Å². The Morgan fingerprint density at radius 3 is 2.26 bits per heavy atom. The molecule has 9 atom stereocenters. The van der Waals surface area contributed by atoms with Gasteiger partial charge in [0, 0.05) is 13.1 Å². The number of benzene rings is 1. The lowest BCUT2D eigenvalue weighted by molar-refractivity contribution is -0.327. The monoisotopic (exact) mass is 502 g/mol. The highest BCUT2D eigenvalue weighted by Crippen LogP contribution is 2.25. The second-order valence-corrected chi connectivity index (χ2v) is 8.12. The van der Waals surface area contributed by atoms with E-state index >= 15 is 0 Å². The topological polar surface area (TPSA) is 221 Å². The van der Waals surface area contributed by atoms with Crippen LogP contribution in [0, 0.1) is 0 Å². The van der Waals surface area contributed by atoms with Gasteiger partial charge in [-0.05, 0) is 11.1 Å². The fourth-order valence-corrected chi connectivity index (χ4v) is 3.39. The van der Waals surface area contributed by atoms with Gasteiger partial charge in [-0.25, -0.2) is 4.79 Å². The summed E-state index contributed by atoms with van der Waals surface area (Å²) in [5, 5.41) is 84.2. The van der Waals surface area contributed by atoms with Crippen LogP contribution in [0.1, 0.15) is 11.1 Å². The van der Waals surface area contributed by atoms with Crippen molar-refractivity contribution in [2.24, 2.45) is 0 Å². The first-order valence-corrected chi connectivity index (χ1v) is 11.0. The van der Waals surface area contributed by atoms with Crippen molar-refractivity contribution in [1.82, 2.24) is 10.6 Å². The predicted molar refractivity (Wildman–Crippen MR) is 121 cm³/mol. The number of carbonyl (C=O) groups excluding carboxylic acids is 1. The number of urea groups is 1. The van der Waals surface area contributed by atoms with Gasteiger partial charge in [0.15, 0.2) is 6.29 Å². The van der Waals surface area contributed by atoms with E-state index in [1.165, 1.54) is 0 Å². The molecular formula is C22H34N2O11. The summed E-state index contributed by atoms with van der Waals surface area (Å²) in [6.45, 7) is 1.72. The molecule has 1 aliphatic heterocycles. The fourth-order valence-electron chi connectivity index (χ4n) is 3.39. The van der Waals surface area contributed by atoms with Gasteiger partial charge in [0.05, 0.1) is 19.3 Å². The number of amides is 2. The number of aliphatic hydroxyl groups is 8. The van der Waals surface area contributed by atoms with Crippen LogP contribution in [0.3, 0.4) is 0 Å². The van der Waals surface area contributed by atoms with E-state index < -0.39 is 80.9 Å². The molecule has 1 saturated heterocycles. The lowest BCUT2D eigenvalue weighted by Crippen LogP contribution is -2.61. The number of carbonyl (C=O) groups is 1. The third kappa shape index (κ3) is 7.91. The molecule has 35 heavy (non-hydrogen) atoms. The van der Waals surface area contributed by atoms with Gasteiger partial charge >= 0.3 is 6.03 Å². The van der Waals surface area contributed by atoms with Crippen LogP contribution in [-0.4, -0.2) is 122 Å². The van der Waals surface area contributed by atoms with Crippen molar-refractivity contribution < 1.29 is 55.1 Å². The number of hydrogen-bond donors (Lipinski definition) is 10. The molecule has 1 fully saturated rings. The second-order valence-electron chi connectivity index (χ2n) is 8.12. The molecule has 1 aromatic rings. The van der Waals surface area contributed by atoms with E-state index in [4.69, 9.17) is 9.47 Å². The zero-order valence-electron chi connectivity index (χ0n) is 18.9. The summed E-state index contributed by atoms with van der Waals surface area (Å²) >= 11 is 0. The average molecular weight is 503 g/mol. The molecule has 0 saturated carbocycles. The Balaban J connectivity index is 1.92. The van der Waals surface area contributed by atoms with Crippen molar-refractivity contribution in [2.45, 2.75) is 61.7 Å². The van der Waals surface area contributed by atoms with Gasteiger partial charge in [0.1, 0.15) is 42.7 Å². The highest BCUT2D eigenvalue weighted by molar-refractivity contribution is 5.73. The predicted octanol–water partition coefficient (Wildman–Crippen LogP) is -3.61. The molecule has 1 heterocycles. The van der Waals surface area contributed by atoms with Crippen LogP contribution in [-0.2, 0) is 16.0 Å². The Morgan fingerprint density at radius 1 is 1.03 bits per heavy atom. The SMILES string of the molecule is C=Cc1ccc(CNC(=O)NC[C@H](O)[C@@H](O)[C@H](O[C@@H]2O[C@H](CO)[C@H](O)[C@H](O)[C@H]2O)[C@H](O)CO)cc1. The Morgan fingerprint density at radius 2 is 1.69 bits per heavy atom. The van der Waals surface area contributed by atoms with Crippen molar-refractivity contribution in [3.8, 4) is 0 Å². The van der Waals surface area contributed by atoms with Crippen LogP contribution in [0.4, 0.5) is 4.79 Å². The lowest BCUT2D eigenvalue weighted by Gasteiger charge is -2.42. The van der Waals surface area contributed by atoms with Crippen LogP contribution in [0.15, 0.2) is 30.8 Å². The first-order chi connectivity index (χ1) is 16.6. The Bertz CT molecular complexity index is 794. The zero-order valence-corrected chi connectivity index (χ0v) is 18.9. The molecule has 13 nitrogen and oxygen atoms in total. The smallest absolute Gasteiger partial charge is 0.315 e. The third-order valence-corrected chi connectivity index (χ3v) is 5.58. The van der Waals surface area contributed by atoms with Crippen molar-refractivity contribution >= 4 is 12.1 Å². The van der Waals surface area contributed by atoms with E-state index in [9.17, 15) is 45.6 Å². The molecule has 0 aromatic heterocycles. The molecule has 0 bridgehead atoms. The molecule has 10 N–H and O–H groups in total. The summed E-state index contributed by atoms with van der Waals surface area (Å²) in [7, 11) is 0. The largest absolute Gasteiger partial charge is 0.394 e. The van der Waals surface area contributed by atoms with E-state index in [-0.39, 0.29) is 6.54 Å². The first-order valence-electron chi connectivity index (χ1n) is 11.0. The average Bonchev–Trinajstić information content (AvgIpc) is 2.88. The normalized spacial score (nSPS) is 27.9. The Kier molecular flexibility index (Phi) is 11.5. The Labute approximate surface area is 201 Å². The lowest BCUT2D eigenvalue weighted by atomic mass is 9.98. The first kappa shape index (κ1) is 29.1. The summed E-state index contributed by atoms with van der Waals surface area (Å²) < 4.78 is 10.5. The van der Waals surface area contributed by atoms with Crippen LogP contribution >= 0.6 is 0 Å². The Hall–Kier alpha value is -2.17.